The maximum atomic E-state index is 13.4. The van der Waals surface area contributed by atoms with Gasteiger partial charge in [0, 0.05) is 36.3 Å². The van der Waals surface area contributed by atoms with Crippen LogP contribution in [-0.4, -0.2) is 41.3 Å². The minimum atomic E-state index is -0.912. The Morgan fingerprint density at radius 3 is 2.71 bits per heavy atom. The third-order valence-corrected chi connectivity index (χ3v) is 3.67. The smallest absolute Gasteiger partial charge is 0.246 e. The van der Waals surface area contributed by atoms with Crippen LogP contribution >= 0.6 is 0 Å². The zero-order valence-corrected chi connectivity index (χ0v) is 13.5. The molecule has 2 aromatic rings. The van der Waals surface area contributed by atoms with Crippen LogP contribution in [0.5, 0.6) is 0 Å². The number of aromatic nitrogens is 1. The zero-order valence-electron chi connectivity index (χ0n) is 13.5. The first kappa shape index (κ1) is 17.7. The number of benzene rings is 1. The molecule has 128 valence electrons. The average molecular weight is 335 g/mol. The molecule has 0 radical (unpaired) electrons. The summed E-state index contributed by atoms with van der Waals surface area (Å²) in [5, 5.41) is 3.35. The zero-order chi connectivity index (χ0) is 17.9. The van der Waals surface area contributed by atoms with E-state index in [4.69, 9.17) is 0 Å². The molecule has 0 aliphatic carbocycles. The van der Waals surface area contributed by atoms with Gasteiger partial charge in [-0.05, 0) is 31.1 Å². The molecule has 1 aromatic heterocycles. The number of H-pyrrole nitrogens is 1. The summed E-state index contributed by atoms with van der Waals surface area (Å²) in [5.74, 6) is -2.47. The molecule has 0 saturated heterocycles. The van der Waals surface area contributed by atoms with Crippen LogP contribution in [-0.2, 0) is 16.0 Å². The molecule has 1 atom stereocenters. The van der Waals surface area contributed by atoms with E-state index in [2.05, 4.69) is 16.9 Å². The molecule has 1 heterocycles. The normalized spacial score (nSPS) is 12.0. The van der Waals surface area contributed by atoms with Crippen molar-refractivity contribution in [2.45, 2.75) is 19.4 Å². The van der Waals surface area contributed by atoms with E-state index < -0.39 is 11.6 Å². The Morgan fingerprint density at radius 1 is 1.38 bits per heavy atom. The number of rotatable bonds is 6. The van der Waals surface area contributed by atoms with Crippen molar-refractivity contribution in [3.8, 4) is 0 Å². The lowest BCUT2D eigenvalue weighted by Crippen LogP contribution is -2.42. The van der Waals surface area contributed by atoms with Gasteiger partial charge < -0.3 is 15.2 Å². The fraction of sp³-hybridized carbons (Fsp3) is 0.294. The molecule has 0 aliphatic heterocycles. The highest BCUT2D eigenvalue weighted by atomic mass is 19.2. The lowest BCUT2D eigenvalue weighted by Gasteiger charge is -2.18. The number of nitrogens with one attached hydrogen (secondary N) is 2. The van der Waals surface area contributed by atoms with Crippen molar-refractivity contribution in [1.29, 1.82) is 0 Å². The van der Waals surface area contributed by atoms with Crippen LogP contribution < -0.4 is 5.32 Å². The largest absolute Gasteiger partial charge is 0.361 e. The standard InChI is InChI=1S/C17H19F2N3O2/c1-4-17(24)22(3)9-16(23)21-10(2)5-11-8-20-15-7-14(19)13(18)6-12(11)15/h4,6-8,10,20H,1,5,9H2,2-3H3,(H,21,23). The number of nitrogens with zero attached hydrogens (tertiary/aromatic N) is 1. The van der Waals surface area contributed by atoms with Crippen molar-refractivity contribution in [1.82, 2.24) is 15.2 Å². The van der Waals surface area contributed by atoms with Crippen molar-refractivity contribution in [2.75, 3.05) is 13.6 Å². The van der Waals surface area contributed by atoms with Gasteiger partial charge in [-0.15, -0.1) is 0 Å². The molecular formula is C17H19F2N3O2. The second kappa shape index (κ2) is 7.25. The Hall–Kier alpha value is -2.70. The fourth-order valence-electron chi connectivity index (χ4n) is 2.49. The van der Waals surface area contributed by atoms with E-state index in [0.29, 0.717) is 17.3 Å². The highest BCUT2D eigenvalue weighted by Crippen LogP contribution is 2.22. The number of fused-ring (bicyclic) bond motifs is 1. The predicted octanol–water partition coefficient (Wildman–Crippen LogP) is 2.14. The highest BCUT2D eigenvalue weighted by molar-refractivity contribution is 5.90. The second-order valence-corrected chi connectivity index (χ2v) is 5.70. The SMILES string of the molecule is C=CC(=O)N(C)CC(=O)NC(C)Cc1c[nH]c2cc(F)c(F)cc12. The molecular weight excluding hydrogens is 316 g/mol. The summed E-state index contributed by atoms with van der Waals surface area (Å²) in [7, 11) is 1.51. The minimum Gasteiger partial charge on any atom is -0.361 e. The van der Waals surface area contributed by atoms with E-state index in [1.807, 2.05) is 0 Å². The summed E-state index contributed by atoms with van der Waals surface area (Å²) in [6.45, 7) is 5.08. The Labute approximate surface area is 138 Å². The average Bonchev–Trinajstić information content (AvgIpc) is 2.88. The highest BCUT2D eigenvalue weighted by Gasteiger charge is 2.15. The number of hydrogen-bond donors (Lipinski definition) is 2. The summed E-state index contributed by atoms with van der Waals surface area (Å²) >= 11 is 0. The number of amides is 2. The van der Waals surface area contributed by atoms with E-state index in [1.54, 1.807) is 13.1 Å². The Balaban J connectivity index is 2.01. The molecule has 7 heteroatoms. The van der Waals surface area contributed by atoms with E-state index >= 15 is 0 Å². The molecule has 1 aromatic carbocycles. The molecule has 2 rings (SSSR count). The first-order chi connectivity index (χ1) is 11.3. The number of likely N-dealkylation sites (N-methyl/N-ethyl adjacent to an activating group) is 1. The van der Waals surface area contributed by atoms with E-state index in [1.165, 1.54) is 11.9 Å². The maximum absolute atomic E-state index is 13.4. The lowest BCUT2D eigenvalue weighted by molar-refractivity contribution is -0.131. The molecule has 24 heavy (non-hydrogen) atoms. The summed E-state index contributed by atoms with van der Waals surface area (Å²) in [6.07, 6.45) is 3.24. The number of aromatic amines is 1. The number of carbonyl (C=O) groups is 2. The van der Waals surface area contributed by atoms with E-state index in [9.17, 15) is 18.4 Å². The van der Waals surface area contributed by atoms with Gasteiger partial charge in [0.05, 0.1) is 6.54 Å². The third-order valence-electron chi connectivity index (χ3n) is 3.67. The molecule has 0 saturated carbocycles. The quantitative estimate of drug-likeness (QED) is 0.795. The van der Waals surface area contributed by atoms with Crippen LogP contribution in [0, 0.1) is 11.6 Å². The summed E-state index contributed by atoms with van der Waals surface area (Å²) in [6, 6.07) is 2.01. The maximum Gasteiger partial charge on any atom is 0.246 e. The summed E-state index contributed by atoms with van der Waals surface area (Å²) in [5.41, 5.74) is 1.27. The molecule has 1 unspecified atom stereocenters. The topological polar surface area (TPSA) is 65.2 Å². The van der Waals surface area contributed by atoms with Gasteiger partial charge in [-0.3, -0.25) is 9.59 Å². The van der Waals surface area contributed by atoms with Crippen molar-refractivity contribution in [3.05, 3.63) is 48.2 Å². The van der Waals surface area contributed by atoms with Crippen LogP contribution in [0.1, 0.15) is 12.5 Å². The molecule has 0 spiro atoms. The summed E-state index contributed by atoms with van der Waals surface area (Å²) < 4.78 is 26.6. The minimum absolute atomic E-state index is 0.0804. The van der Waals surface area contributed by atoms with Gasteiger partial charge in [0.2, 0.25) is 11.8 Å². The van der Waals surface area contributed by atoms with E-state index in [0.717, 1.165) is 23.8 Å². The molecule has 5 nitrogen and oxygen atoms in total. The predicted molar refractivity (Wildman–Crippen MR) is 87.4 cm³/mol. The van der Waals surface area contributed by atoms with Gasteiger partial charge in [0.25, 0.3) is 0 Å². The second-order valence-electron chi connectivity index (χ2n) is 5.70. The van der Waals surface area contributed by atoms with Crippen LogP contribution in [0.4, 0.5) is 8.78 Å². The van der Waals surface area contributed by atoms with Gasteiger partial charge in [-0.25, -0.2) is 8.78 Å². The third kappa shape index (κ3) is 3.98. The van der Waals surface area contributed by atoms with Crippen LogP contribution in [0.15, 0.2) is 31.0 Å². The molecule has 2 N–H and O–H groups in total. The molecule has 2 amide bonds. The molecule has 0 aliphatic rings. The van der Waals surface area contributed by atoms with E-state index in [-0.39, 0.29) is 24.4 Å². The van der Waals surface area contributed by atoms with Gasteiger partial charge in [0.15, 0.2) is 11.6 Å². The molecule has 0 bridgehead atoms. The van der Waals surface area contributed by atoms with Crippen molar-refractivity contribution < 1.29 is 18.4 Å². The van der Waals surface area contributed by atoms with Crippen LogP contribution in [0.2, 0.25) is 0 Å². The molecule has 0 fully saturated rings. The van der Waals surface area contributed by atoms with Gasteiger partial charge in [-0.2, -0.15) is 0 Å². The van der Waals surface area contributed by atoms with Gasteiger partial charge in [0.1, 0.15) is 0 Å². The van der Waals surface area contributed by atoms with Crippen LogP contribution in [0.25, 0.3) is 10.9 Å². The van der Waals surface area contributed by atoms with Crippen molar-refractivity contribution in [3.63, 3.8) is 0 Å². The lowest BCUT2D eigenvalue weighted by atomic mass is 10.1. The van der Waals surface area contributed by atoms with Gasteiger partial charge >= 0.3 is 0 Å². The van der Waals surface area contributed by atoms with Gasteiger partial charge in [-0.1, -0.05) is 6.58 Å². The Morgan fingerprint density at radius 2 is 2.04 bits per heavy atom. The van der Waals surface area contributed by atoms with Crippen molar-refractivity contribution >= 4 is 22.7 Å². The Kier molecular flexibility index (Phi) is 5.33. The fourth-order valence-corrected chi connectivity index (χ4v) is 2.49. The Bertz CT molecular complexity index is 785. The summed E-state index contributed by atoms with van der Waals surface area (Å²) in [4.78, 5) is 27.4. The number of carbonyl (C=O) groups excluding carboxylic acids is 2. The van der Waals surface area contributed by atoms with Crippen molar-refractivity contribution in [2.24, 2.45) is 0 Å². The number of halogens is 2. The first-order valence-corrected chi connectivity index (χ1v) is 7.43. The monoisotopic (exact) mass is 335 g/mol. The number of hydrogen-bond acceptors (Lipinski definition) is 2. The van der Waals surface area contributed by atoms with Crippen LogP contribution in [0.3, 0.4) is 0 Å². The first-order valence-electron chi connectivity index (χ1n) is 7.43.